The van der Waals surface area contributed by atoms with E-state index in [2.05, 4.69) is 142 Å². The van der Waals surface area contributed by atoms with E-state index in [9.17, 15) is 0 Å². The summed E-state index contributed by atoms with van der Waals surface area (Å²) < 4.78 is 9.24. The fraction of sp³-hybridized carbons (Fsp3) is 0.347. The van der Waals surface area contributed by atoms with Crippen molar-refractivity contribution in [1.29, 1.82) is 0 Å². The molecule has 7 aliphatic rings. The SMILES string of the molecule is C1=CC2=C(CC1)C(c1ccc(C3NC(C4=CCC5C(C4)OC4C=CCCC45)NC(c4cccc(-n5c6c(c7ccccc75)C=CCC6)c4)N3)cc1)=CCC2. The number of nitrogens with zero attached hydrogens (tertiary/aromatic N) is 1. The molecule has 2 fully saturated rings. The third-order valence-corrected chi connectivity index (χ3v) is 13.5. The first kappa shape index (κ1) is 32.9. The zero-order valence-corrected chi connectivity index (χ0v) is 31.0. The van der Waals surface area contributed by atoms with Gasteiger partial charge in [-0.3, -0.25) is 16.0 Å². The summed E-state index contributed by atoms with van der Waals surface area (Å²) in [4.78, 5) is 0. The van der Waals surface area contributed by atoms with Crippen LogP contribution in [-0.4, -0.2) is 22.9 Å². The molecule has 2 aliphatic heterocycles. The molecule has 272 valence electrons. The molecule has 4 aromatic rings. The second-order valence-electron chi connectivity index (χ2n) is 16.5. The minimum absolute atomic E-state index is 0.0226. The van der Waals surface area contributed by atoms with Crippen molar-refractivity contribution in [2.45, 2.75) is 94.9 Å². The molecule has 0 spiro atoms. The minimum atomic E-state index is -0.0464. The number of allylic oxidation sites excluding steroid dienone is 9. The minimum Gasteiger partial charge on any atom is -0.370 e. The quantitative estimate of drug-likeness (QED) is 0.181. The Morgan fingerprint density at radius 3 is 2.48 bits per heavy atom. The van der Waals surface area contributed by atoms with Crippen molar-refractivity contribution in [2.24, 2.45) is 11.8 Å². The van der Waals surface area contributed by atoms with Gasteiger partial charge in [-0.05, 0) is 133 Å². The second-order valence-corrected chi connectivity index (χ2v) is 16.5. The van der Waals surface area contributed by atoms with Gasteiger partial charge < -0.3 is 9.30 Å². The smallest absolute Gasteiger partial charge is 0.0865 e. The molecule has 0 amide bonds. The first-order chi connectivity index (χ1) is 26.7. The van der Waals surface area contributed by atoms with Gasteiger partial charge in [0.25, 0.3) is 0 Å². The first-order valence-electron chi connectivity index (χ1n) is 20.6. The summed E-state index contributed by atoms with van der Waals surface area (Å²) >= 11 is 0. The molecular formula is C49H50N4O. The van der Waals surface area contributed by atoms with Crippen LogP contribution in [-0.2, 0) is 11.2 Å². The van der Waals surface area contributed by atoms with Crippen molar-refractivity contribution >= 4 is 22.6 Å². The second kappa shape index (κ2) is 13.6. The Morgan fingerprint density at radius 2 is 1.54 bits per heavy atom. The Hall–Kier alpha value is -4.52. The van der Waals surface area contributed by atoms with Gasteiger partial charge >= 0.3 is 0 Å². The molecule has 1 aromatic heterocycles. The summed E-state index contributed by atoms with van der Waals surface area (Å²) in [5, 5.41) is 13.4. The summed E-state index contributed by atoms with van der Waals surface area (Å²) in [7, 11) is 0. The van der Waals surface area contributed by atoms with Gasteiger partial charge in [-0.25, -0.2) is 0 Å². The lowest BCUT2D eigenvalue weighted by atomic mass is 9.75. The van der Waals surface area contributed by atoms with Crippen LogP contribution in [0.25, 0.3) is 28.2 Å². The van der Waals surface area contributed by atoms with Crippen LogP contribution in [0.15, 0.2) is 132 Å². The van der Waals surface area contributed by atoms with Crippen LogP contribution < -0.4 is 16.0 Å². The van der Waals surface area contributed by atoms with E-state index in [1.807, 2.05) is 0 Å². The van der Waals surface area contributed by atoms with Crippen molar-refractivity contribution in [3.63, 3.8) is 0 Å². The van der Waals surface area contributed by atoms with Crippen LogP contribution >= 0.6 is 0 Å². The van der Waals surface area contributed by atoms with Crippen molar-refractivity contribution in [1.82, 2.24) is 20.5 Å². The number of para-hydroxylation sites is 1. The predicted octanol–water partition coefficient (Wildman–Crippen LogP) is 10.3. The molecule has 5 heteroatoms. The Labute approximate surface area is 319 Å². The third-order valence-electron chi connectivity index (χ3n) is 13.5. The number of aromatic nitrogens is 1. The highest BCUT2D eigenvalue weighted by molar-refractivity contribution is 5.93. The molecule has 0 bridgehead atoms. The predicted molar refractivity (Wildman–Crippen MR) is 220 cm³/mol. The topological polar surface area (TPSA) is 50.2 Å². The lowest BCUT2D eigenvalue weighted by Crippen LogP contribution is -2.60. The molecule has 11 rings (SSSR count). The number of fused-ring (bicyclic) bond motifs is 6. The van der Waals surface area contributed by atoms with Gasteiger partial charge in [-0.1, -0.05) is 103 Å². The summed E-state index contributed by atoms with van der Waals surface area (Å²) in [6, 6.07) is 27.5. The summed E-state index contributed by atoms with van der Waals surface area (Å²) in [6.45, 7) is 0. The maximum absolute atomic E-state index is 6.74. The highest BCUT2D eigenvalue weighted by Crippen LogP contribution is 2.46. The largest absolute Gasteiger partial charge is 0.370 e. The van der Waals surface area contributed by atoms with Gasteiger partial charge in [0.15, 0.2) is 0 Å². The lowest BCUT2D eigenvalue weighted by Gasteiger charge is -2.42. The van der Waals surface area contributed by atoms with E-state index in [1.54, 1.807) is 5.57 Å². The van der Waals surface area contributed by atoms with Crippen LogP contribution in [0, 0.1) is 11.8 Å². The Balaban J connectivity index is 0.930. The number of rotatable bonds is 5. The maximum Gasteiger partial charge on any atom is 0.0865 e. The number of ether oxygens (including phenoxy) is 1. The average Bonchev–Trinajstić information content (AvgIpc) is 3.79. The summed E-state index contributed by atoms with van der Waals surface area (Å²) in [6.07, 6.45) is 30.8. The average molecular weight is 711 g/mol. The van der Waals surface area contributed by atoms with E-state index < -0.39 is 0 Å². The highest BCUT2D eigenvalue weighted by Gasteiger charge is 2.46. The Morgan fingerprint density at radius 1 is 0.685 bits per heavy atom. The van der Waals surface area contributed by atoms with E-state index in [-0.39, 0.29) is 18.5 Å². The van der Waals surface area contributed by atoms with E-state index in [1.165, 1.54) is 80.5 Å². The summed E-state index contributed by atoms with van der Waals surface area (Å²) in [5.41, 5.74) is 15.1. The molecule has 7 atom stereocenters. The zero-order chi connectivity index (χ0) is 35.6. The highest BCUT2D eigenvalue weighted by atomic mass is 16.5. The van der Waals surface area contributed by atoms with Gasteiger partial charge in [-0.15, -0.1) is 0 Å². The molecule has 2 saturated heterocycles. The van der Waals surface area contributed by atoms with Gasteiger partial charge in [-0.2, -0.15) is 0 Å². The van der Waals surface area contributed by atoms with E-state index in [0.717, 1.165) is 44.9 Å². The molecular weight excluding hydrogens is 661 g/mol. The van der Waals surface area contributed by atoms with E-state index in [4.69, 9.17) is 4.74 Å². The van der Waals surface area contributed by atoms with Gasteiger partial charge in [0.05, 0.1) is 36.2 Å². The molecule has 3 aromatic carbocycles. The van der Waals surface area contributed by atoms with Gasteiger partial charge in [0.1, 0.15) is 0 Å². The molecule has 0 radical (unpaired) electrons. The molecule has 0 saturated carbocycles. The Bertz CT molecular complexity index is 2300. The summed E-state index contributed by atoms with van der Waals surface area (Å²) in [5.74, 6) is 1.29. The molecule has 7 unspecified atom stereocenters. The third kappa shape index (κ3) is 5.67. The monoisotopic (exact) mass is 710 g/mol. The number of nitrogens with one attached hydrogen (secondary N) is 3. The van der Waals surface area contributed by atoms with Crippen molar-refractivity contribution in [3.05, 3.63) is 160 Å². The lowest BCUT2D eigenvalue weighted by molar-refractivity contribution is 0.0475. The molecule has 5 aliphatic carbocycles. The van der Waals surface area contributed by atoms with Crippen molar-refractivity contribution in [2.75, 3.05) is 0 Å². The standard InChI is InChI=1S/C49H50N4O/c1-2-15-37-31(11-1)12-10-19-38(37)32-23-25-33(26-24-32)47-50-48(52-49(51-47)35-27-28-42-41-18-5-8-22-45(41)54-46(42)30-35)34-13-9-14-36(29-34)53-43-20-6-3-16-39(43)40-17-4-7-21-44(40)53/h1,3-4,6,8-9,11,13-14,16-17,19-20,22-27,29,41-42,45-52H,2,5,7,10,12,15,18,21,28,30H2. The maximum atomic E-state index is 6.74. The van der Waals surface area contributed by atoms with E-state index in [0.29, 0.717) is 24.0 Å². The zero-order valence-electron chi connectivity index (χ0n) is 31.0. The van der Waals surface area contributed by atoms with Gasteiger partial charge in [0, 0.05) is 22.3 Å². The van der Waals surface area contributed by atoms with Crippen LogP contribution in [0.5, 0.6) is 0 Å². The van der Waals surface area contributed by atoms with Crippen LogP contribution in [0.1, 0.15) is 98.1 Å². The normalized spacial score (nSPS) is 30.0. The van der Waals surface area contributed by atoms with Crippen molar-refractivity contribution in [3.8, 4) is 5.69 Å². The molecule has 3 N–H and O–H groups in total. The number of hydrogen-bond acceptors (Lipinski definition) is 4. The molecule has 3 heterocycles. The van der Waals surface area contributed by atoms with Crippen LogP contribution in [0.2, 0.25) is 0 Å². The number of hydrogen-bond donors (Lipinski definition) is 3. The first-order valence-corrected chi connectivity index (χ1v) is 20.6. The van der Waals surface area contributed by atoms with Crippen molar-refractivity contribution < 1.29 is 4.74 Å². The fourth-order valence-corrected chi connectivity index (χ4v) is 10.8. The Kier molecular flexibility index (Phi) is 8.31. The van der Waals surface area contributed by atoms with E-state index >= 15 is 0 Å². The number of benzene rings is 3. The van der Waals surface area contributed by atoms with Crippen LogP contribution in [0.4, 0.5) is 0 Å². The molecule has 5 nitrogen and oxygen atoms in total. The fourth-order valence-electron chi connectivity index (χ4n) is 10.8. The molecule has 54 heavy (non-hydrogen) atoms. The van der Waals surface area contributed by atoms with Crippen LogP contribution in [0.3, 0.4) is 0 Å². The van der Waals surface area contributed by atoms with Gasteiger partial charge in [0.2, 0.25) is 0 Å².